The third-order valence-corrected chi connectivity index (χ3v) is 1.21. The fraction of sp³-hybridized carbons (Fsp3) is 0.750. The number of hydrogen-bond acceptors (Lipinski definition) is 1. The molecular formula is C8H17N. The maximum absolute atomic E-state index is 3.27. The van der Waals surface area contributed by atoms with Gasteiger partial charge < -0.3 is 5.32 Å². The summed E-state index contributed by atoms with van der Waals surface area (Å²) in [5.41, 5.74) is 0. The first-order chi connectivity index (χ1) is 4.41. The molecule has 0 aromatic rings. The zero-order chi connectivity index (χ0) is 6.95. The van der Waals surface area contributed by atoms with Crippen LogP contribution in [0.15, 0.2) is 12.2 Å². The summed E-state index contributed by atoms with van der Waals surface area (Å²) in [5.74, 6) is 0. The van der Waals surface area contributed by atoms with Crippen LogP contribution in [-0.4, -0.2) is 13.1 Å². The molecule has 0 bridgehead atoms. The van der Waals surface area contributed by atoms with Crippen LogP contribution in [0.25, 0.3) is 0 Å². The maximum Gasteiger partial charge on any atom is -0.00461 e. The van der Waals surface area contributed by atoms with E-state index in [4.69, 9.17) is 0 Å². The van der Waals surface area contributed by atoms with Crippen molar-refractivity contribution in [3.8, 4) is 0 Å². The quantitative estimate of drug-likeness (QED) is 0.439. The van der Waals surface area contributed by atoms with Gasteiger partial charge in [-0.3, -0.25) is 0 Å². The summed E-state index contributed by atoms with van der Waals surface area (Å²) in [4.78, 5) is 0. The standard InChI is InChI=1S/C8H17N/c1-3-5-6-7-8-9-4-2/h3,5,9H,4,6-8H2,1-2H3. The van der Waals surface area contributed by atoms with Crippen molar-refractivity contribution in [2.75, 3.05) is 13.1 Å². The van der Waals surface area contributed by atoms with E-state index < -0.39 is 0 Å². The smallest absolute Gasteiger partial charge is 0.00461 e. The van der Waals surface area contributed by atoms with Crippen molar-refractivity contribution < 1.29 is 0 Å². The van der Waals surface area contributed by atoms with Crippen molar-refractivity contribution in [2.24, 2.45) is 0 Å². The fourth-order valence-electron chi connectivity index (χ4n) is 0.688. The molecule has 0 atom stereocenters. The Labute approximate surface area is 58.2 Å². The molecule has 0 unspecified atom stereocenters. The SMILES string of the molecule is CC=CCCCNCC. The minimum Gasteiger partial charge on any atom is -0.317 e. The normalized spacial score (nSPS) is 10.9. The highest BCUT2D eigenvalue weighted by molar-refractivity contribution is 4.76. The predicted octanol–water partition coefficient (Wildman–Crippen LogP) is 1.95. The molecule has 0 amide bonds. The number of rotatable bonds is 5. The molecule has 0 aromatic heterocycles. The Bertz CT molecular complexity index is 67.0. The number of allylic oxidation sites excluding steroid dienone is 2. The van der Waals surface area contributed by atoms with E-state index in [0.29, 0.717) is 0 Å². The van der Waals surface area contributed by atoms with Crippen LogP contribution in [0.3, 0.4) is 0 Å². The van der Waals surface area contributed by atoms with Gasteiger partial charge in [0.2, 0.25) is 0 Å². The molecule has 1 N–H and O–H groups in total. The van der Waals surface area contributed by atoms with Crippen LogP contribution >= 0.6 is 0 Å². The number of nitrogens with one attached hydrogen (secondary N) is 1. The summed E-state index contributed by atoms with van der Waals surface area (Å²) >= 11 is 0. The minimum absolute atomic E-state index is 1.09. The summed E-state index contributed by atoms with van der Waals surface area (Å²) in [6.07, 6.45) is 6.78. The lowest BCUT2D eigenvalue weighted by Crippen LogP contribution is -2.13. The molecule has 0 aliphatic rings. The molecule has 9 heavy (non-hydrogen) atoms. The second-order valence-electron chi connectivity index (χ2n) is 2.06. The van der Waals surface area contributed by atoms with Crippen LogP contribution in [0, 0.1) is 0 Å². The first-order valence-electron chi connectivity index (χ1n) is 3.73. The molecule has 0 spiro atoms. The van der Waals surface area contributed by atoms with Gasteiger partial charge in [-0.05, 0) is 32.9 Å². The van der Waals surface area contributed by atoms with Gasteiger partial charge >= 0.3 is 0 Å². The van der Waals surface area contributed by atoms with E-state index in [1.807, 2.05) is 0 Å². The van der Waals surface area contributed by atoms with Gasteiger partial charge in [0.25, 0.3) is 0 Å². The van der Waals surface area contributed by atoms with E-state index in [0.717, 1.165) is 13.1 Å². The topological polar surface area (TPSA) is 12.0 Å². The first-order valence-corrected chi connectivity index (χ1v) is 3.73. The van der Waals surface area contributed by atoms with Crippen molar-refractivity contribution in [3.63, 3.8) is 0 Å². The predicted molar refractivity (Wildman–Crippen MR) is 42.6 cm³/mol. The van der Waals surface area contributed by atoms with Gasteiger partial charge in [0.15, 0.2) is 0 Å². The Balaban J connectivity index is 2.75. The Hall–Kier alpha value is -0.300. The van der Waals surface area contributed by atoms with Gasteiger partial charge in [0, 0.05) is 0 Å². The molecule has 1 heteroatoms. The highest BCUT2D eigenvalue weighted by Gasteiger charge is 1.80. The first kappa shape index (κ1) is 8.70. The summed E-state index contributed by atoms with van der Waals surface area (Å²) in [5, 5.41) is 3.27. The van der Waals surface area contributed by atoms with Crippen LogP contribution < -0.4 is 5.32 Å². The number of unbranched alkanes of at least 4 members (excludes halogenated alkanes) is 1. The van der Waals surface area contributed by atoms with Gasteiger partial charge in [0.05, 0.1) is 0 Å². The number of hydrogen-bond donors (Lipinski definition) is 1. The van der Waals surface area contributed by atoms with E-state index in [1.165, 1.54) is 12.8 Å². The lowest BCUT2D eigenvalue weighted by atomic mass is 10.3. The van der Waals surface area contributed by atoms with Crippen LogP contribution in [0.1, 0.15) is 26.7 Å². The molecular weight excluding hydrogens is 110 g/mol. The Kier molecular flexibility index (Phi) is 7.44. The van der Waals surface area contributed by atoms with E-state index in [1.54, 1.807) is 0 Å². The maximum atomic E-state index is 3.27. The zero-order valence-corrected chi connectivity index (χ0v) is 6.48. The van der Waals surface area contributed by atoms with E-state index in [-0.39, 0.29) is 0 Å². The van der Waals surface area contributed by atoms with Crippen LogP contribution in [-0.2, 0) is 0 Å². The van der Waals surface area contributed by atoms with Crippen molar-refractivity contribution >= 4 is 0 Å². The fourth-order valence-corrected chi connectivity index (χ4v) is 0.688. The van der Waals surface area contributed by atoms with Gasteiger partial charge in [-0.1, -0.05) is 19.1 Å². The molecule has 0 radical (unpaired) electrons. The van der Waals surface area contributed by atoms with Gasteiger partial charge in [-0.25, -0.2) is 0 Å². The monoisotopic (exact) mass is 127 g/mol. The summed E-state index contributed by atoms with van der Waals surface area (Å²) < 4.78 is 0. The summed E-state index contributed by atoms with van der Waals surface area (Å²) in [6.45, 7) is 6.44. The Morgan fingerprint density at radius 3 is 2.78 bits per heavy atom. The van der Waals surface area contributed by atoms with Crippen molar-refractivity contribution in [1.82, 2.24) is 5.32 Å². The van der Waals surface area contributed by atoms with Gasteiger partial charge in [0.1, 0.15) is 0 Å². The highest BCUT2D eigenvalue weighted by Crippen LogP contribution is 1.87. The lowest BCUT2D eigenvalue weighted by Gasteiger charge is -1.96. The molecule has 0 heterocycles. The molecule has 0 aromatic carbocycles. The van der Waals surface area contributed by atoms with E-state index >= 15 is 0 Å². The third-order valence-electron chi connectivity index (χ3n) is 1.21. The molecule has 1 nitrogen and oxygen atoms in total. The van der Waals surface area contributed by atoms with Crippen LogP contribution in [0.5, 0.6) is 0 Å². The molecule has 0 aliphatic carbocycles. The highest BCUT2D eigenvalue weighted by atomic mass is 14.8. The lowest BCUT2D eigenvalue weighted by molar-refractivity contribution is 0.679. The van der Waals surface area contributed by atoms with E-state index in [2.05, 4.69) is 31.3 Å². The van der Waals surface area contributed by atoms with Crippen LogP contribution in [0.2, 0.25) is 0 Å². The second-order valence-corrected chi connectivity index (χ2v) is 2.06. The molecule has 0 aliphatic heterocycles. The Morgan fingerprint density at radius 1 is 1.44 bits per heavy atom. The van der Waals surface area contributed by atoms with Gasteiger partial charge in [-0.15, -0.1) is 0 Å². The zero-order valence-electron chi connectivity index (χ0n) is 6.48. The Morgan fingerprint density at radius 2 is 2.22 bits per heavy atom. The van der Waals surface area contributed by atoms with Crippen molar-refractivity contribution in [2.45, 2.75) is 26.7 Å². The van der Waals surface area contributed by atoms with Crippen molar-refractivity contribution in [1.29, 1.82) is 0 Å². The molecule has 0 saturated carbocycles. The average molecular weight is 127 g/mol. The second kappa shape index (κ2) is 7.70. The van der Waals surface area contributed by atoms with E-state index in [9.17, 15) is 0 Å². The molecule has 0 rings (SSSR count). The summed E-state index contributed by atoms with van der Waals surface area (Å²) in [6, 6.07) is 0. The third kappa shape index (κ3) is 7.70. The molecule has 0 fully saturated rings. The minimum atomic E-state index is 1.09. The molecule has 0 saturated heterocycles. The van der Waals surface area contributed by atoms with Crippen molar-refractivity contribution in [3.05, 3.63) is 12.2 Å². The summed E-state index contributed by atoms with van der Waals surface area (Å²) in [7, 11) is 0. The van der Waals surface area contributed by atoms with Crippen LogP contribution in [0.4, 0.5) is 0 Å². The molecule has 54 valence electrons. The average Bonchev–Trinajstić information content (AvgIpc) is 1.89. The van der Waals surface area contributed by atoms with Gasteiger partial charge in [-0.2, -0.15) is 0 Å². The largest absolute Gasteiger partial charge is 0.317 e.